The second-order valence-electron chi connectivity index (χ2n) is 3.10. The van der Waals surface area contributed by atoms with Crippen LogP contribution in [0.25, 0.3) is 0 Å². The molecule has 0 rings (SSSR count). The third-order valence-corrected chi connectivity index (χ3v) is 1.67. The van der Waals surface area contributed by atoms with E-state index in [1.165, 1.54) is 0 Å². The average molecular weight is 131 g/mol. The van der Waals surface area contributed by atoms with Crippen molar-refractivity contribution >= 4 is 0 Å². The van der Waals surface area contributed by atoms with Gasteiger partial charge in [0.05, 0.1) is 6.73 Å². The Balaban J connectivity index is 3.33. The van der Waals surface area contributed by atoms with Gasteiger partial charge in [-0.1, -0.05) is 20.8 Å². The molecule has 0 spiro atoms. The zero-order chi connectivity index (χ0) is 7.33. The van der Waals surface area contributed by atoms with E-state index in [0.29, 0.717) is 5.41 Å². The first-order chi connectivity index (χ1) is 4.12. The Hall–Kier alpha value is -0.0800. The Labute approximate surface area is 57.3 Å². The van der Waals surface area contributed by atoms with Crippen LogP contribution in [0.5, 0.6) is 0 Å². The van der Waals surface area contributed by atoms with Gasteiger partial charge in [0.15, 0.2) is 0 Å². The monoisotopic (exact) mass is 131 g/mol. The molecule has 0 aromatic rings. The molecule has 0 atom stereocenters. The summed E-state index contributed by atoms with van der Waals surface area (Å²) in [5, 5.41) is 11.3. The standard InChI is InChI=1S/C7H17NO/c1-4-7(2,3)5-8-6-9/h8-9H,4-6H2,1-3H3. The minimum absolute atomic E-state index is 0.0867. The molecule has 2 heteroatoms. The molecule has 0 amide bonds. The topological polar surface area (TPSA) is 32.3 Å². The minimum Gasteiger partial charge on any atom is -0.381 e. The van der Waals surface area contributed by atoms with Crippen molar-refractivity contribution < 1.29 is 5.11 Å². The number of aliphatic hydroxyl groups excluding tert-OH is 1. The summed E-state index contributed by atoms with van der Waals surface area (Å²) in [5.41, 5.74) is 0.322. The number of hydrogen-bond acceptors (Lipinski definition) is 2. The van der Waals surface area contributed by atoms with E-state index in [0.717, 1.165) is 13.0 Å². The maximum Gasteiger partial charge on any atom is 0.0931 e. The van der Waals surface area contributed by atoms with Crippen LogP contribution >= 0.6 is 0 Å². The Bertz CT molecular complexity index is 71.3. The van der Waals surface area contributed by atoms with Gasteiger partial charge in [0.2, 0.25) is 0 Å². The van der Waals surface area contributed by atoms with Crippen molar-refractivity contribution in [1.29, 1.82) is 0 Å². The molecule has 0 saturated carbocycles. The smallest absolute Gasteiger partial charge is 0.0931 e. The number of aliphatic hydroxyl groups is 1. The molecule has 0 bridgehead atoms. The molecule has 0 aromatic carbocycles. The lowest BCUT2D eigenvalue weighted by atomic mass is 9.90. The van der Waals surface area contributed by atoms with Gasteiger partial charge in [0, 0.05) is 6.54 Å². The highest BCUT2D eigenvalue weighted by atomic mass is 16.3. The zero-order valence-electron chi connectivity index (χ0n) is 6.57. The van der Waals surface area contributed by atoms with Gasteiger partial charge >= 0.3 is 0 Å². The Kier molecular flexibility index (Phi) is 3.82. The summed E-state index contributed by atoms with van der Waals surface area (Å²) in [6.07, 6.45) is 1.14. The molecule has 0 radical (unpaired) electrons. The van der Waals surface area contributed by atoms with Crippen LogP contribution in [0, 0.1) is 5.41 Å². The lowest BCUT2D eigenvalue weighted by Gasteiger charge is -2.21. The molecule has 0 aromatic heterocycles. The quantitative estimate of drug-likeness (QED) is 0.557. The van der Waals surface area contributed by atoms with Gasteiger partial charge in [0.25, 0.3) is 0 Å². The first-order valence-corrected chi connectivity index (χ1v) is 3.44. The van der Waals surface area contributed by atoms with Crippen molar-refractivity contribution in [3.8, 4) is 0 Å². The third-order valence-electron chi connectivity index (χ3n) is 1.67. The van der Waals surface area contributed by atoms with E-state index in [9.17, 15) is 0 Å². The van der Waals surface area contributed by atoms with Gasteiger partial charge in [-0.3, -0.25) is 5.32 Å². The highest BCUT2D eigenvalue weighted by Gasteiger charge is 2.12. The third kappa shape index (κ3) is 4.43. The zero-order valence-corrected chi connectivity index (χ0v) is 6.57. The van der Waals surface area contributed by atoms with Gasteiger partial charge in [-0.25, -0.2) is 0 Å². The molecule has 0 saturated heterocycles. The van der Waals surface area contributed by atoms with Crippen molar-refractivity contribution in [3.05, 3.63) is 0 Å². The average Bonchev–Trinajstić information content (AvgIpc) is 1.84. The fraction of sp³-hybridized carbons (Fsp3) is 1.00. The highest BCUT2D eigenvalue weighted by Crippen LogP contribution is 2.17. The SMILES string of the molecule is CCC(C)(C)CNCO. The van der Waals surface area contributed by atoms with Crippen LogP contribution in [0.15, 0.2) is 0 Å². The first kappa shape index (κ1) is 8.92. The summed E-state index contributed by atoms with van der Waals surface area (Å²) in [7, 11) is 0. The van der Waals surface area contributed by atoms with Crippen LogP contribution in [0.2, 0.25) is 0 Å². The molecule has 0 aliphatic heterocycles. The number of nitrogens with one attached hydrogen (secondary N) is 1. The maximum atomic E-state index is 8.41. The molecule has 0 aliphatic rings. The summed E-state index contributed by atoms with van der Waals surface area (Å²) in [6, 6.07) is 0. The van der Waals surface area contributed by atoms with Crippen molar-refractivity contribution in [3.63, 3.8) is 0 Å². The summed E-state index contributed by atoms with van der Waals surface area (Å²) >= 11 is 0. The Morgan fingerprint density at radius 3 is 2.33 bits per heavy atom. The van der Waals surface area contributed by atoms with Gasteiger partial charge in [-0.05, 0) is 11.8 Å². The number of rotatable bonds is 4. The molecule has 0 heterocycles. The molecular weight excluding hydrogens is 114 g/mol. The Morgan fingerprint density at radius 1 is 1.44 bits per heavy atom. The van der Waals surface area contributed by atoms with E-state index < -0.39 is 0 Å². The second kappa shape index (κ2) is 3.85. The van der Waals surface area contributed by atoms with Crippen LogP contribution in [0.4, 0.5) is 0 Å². The lowest BCUT2D eigenvalue weighted by Crippen LogP contribution is -2.29. The van der Waals surface area contributed by atoms with E-state index in [-0.39, 0.29) is 6.73 Å². The van der Waals surface area contributed by atoms with E-state index in [4.69, 9.17) is 5.11 Å². The predicted molar refractivity (Wildman–Crippen MR) is 39.2 cm³/mol. The summed E-state index contributed by atoms with van der Waals surface area (Å²) < 4.78 is 0. The van der Waals surface area contributed by atoms with Crippen LogP contribution in [-0.4, -0.2) is 18.4 Å². The van der Waals surface area contributed by atoms with E-state index in [1.807, 2.05) is 0 Å². The number of hydrogen-bond donors (Lipinski definition) is 2. The molecule has 0 aliphatic carbocycles. The molecule has 0 unspecified atom stereocenters. The largest absolute Gasteiger partial charge is 0.381 e. The van der Waals surface area contributed by atoms with Crippen molar-refractivity contribution in [2.75, 3.05) is 13.3 Å². The Morgan fingerprint density at radius 2 is 2.00 bits per heavy atom. The predicted octanol–water partition coefficient (Wildman–Crippen LogP) is 0.962. The maximum absolute atomic E-state index is 8.41. The van der Waals surface area contributed by atoms with Crippen LogP contribution in [0.3, 0.4) is 0 Å². The highest BCUT2D eigenvalue weighted by molar-refractivity contribution is 4.67. The van der Waals surface area contributed by atoms with Gasteiger partial charge in [-0.15, -0.1) is 0 Å². The molecule has 0 fully saturated rings. The van der Waals surface area contributed by atoms with E-state index >= 15 is 0 Å². The summed E-state index contributed by atoms with van der Waals surface area (Å²) in [4.78, 5) is 0. The normalized spacial score (nSPS) is 12.0. The second-order valence-corrected chi connectivity index (χ2v) is 3.10. The van der Waals surface area contributed by atoms with Crippen LogP contribution < -0.4 is 5.32 Å². The van der Waals surface area contributed by atoms with E-state index in [1.54, 1.807) is 0 Å². The summed E-state index contributed by atoms with van der Waals surface area (Å²) in [6.45, 7) is 7.48. The lowest BCUT2D eigenvalue weighted by molar-refractivity contribution is 0.224. The van der Waals surface area contributed by atoms with Gasteiger partial charge in [0.1, 0.15) is 0 Å². The molecular formula is C7H17NO. The van der Waals surface area contributed by atoms with Crippen LogP contribution in [0.1, 0.15) is 27.2 Å². The van der Waals surface area contributed by atoms with Crippen molar-refractivity contribution in [1.82, 2.24) is 5.32 Å². The fourth-order valence-corrected chi connectivity index (χ4v) is 0.519. The molecule has 9 heavy (non-hydrogen) atoms. The van der Waals surface area contributed by atoms with Crippen molar-refractivity contribution in [2.45, 2.75) is 27.2 Å². The molecule has 56 valence electrons. The van der Waals surface area contributed by atoms with Gasteiger partial charge in [-0.2, -0.15) is 0 Å². The van der Waals surface area contributed by atoms with Gasteiger partial charge < -0.3 is 5.11 Å². The summed E-state index contributed by atoms with van der Waals surface area (Å²) in [5.74, 6) is 0. The molecule has 2 N–H and O–H groups in total. The fourth-order valence-electron chi connectivity index (χ4n) is 0.519. The molecule has 2 nitrogen and oxygen atoms in total. The van der Waals surface area contributed by atoms with Crippen LogP contribution in [-0.2, 0) is 0 Å². The first-order valence-electron chi connectivity index (χ1n) is 3.44. The van der Waals surface area contributed by atoms with E-state index in [2.05, 4.69) is 26.1 Å². The van der Waals surface area contributed by atoms with Crippen molar-refractivity contribution in [2.24, 2.45) is 5.41 Å². The minimum atomic E-state index is 0.0867.